The number of likely N-dealkylation sites (tertiary alicyclic amines) is 1. The first-order valence-electron chi connectivity index (χ1n) is 6.30. The van der Waals surface area contributed by atoms with Gasteiger partial charge in [-0.1, -0.05) is 0 Å². The van der Waals surface area contributed by atoms with E-state index in [-0.39, 0.29) is 11.8 Å². The molecule has 1 aromatic heterocycles. The van der Waals surface area contributed by atoms with Gasteiger partial charge in [0.05, 0.1) is 12.1 Å². The molecular weight excluding hydrogens is 228 g/mol. The molecule has 0 aromatic carbocycles. The van der Waals surface area contributed by atoms with E-state index in [1.54, 1.807) is 6.20 Å². The highest BCUT2D eigenvalue weighted by molar-refractivity contribution is 6.02. The summed E-state index contributed by atoms with van der Waals surface area (Å²) in [6, 6.07) is 2.09. The van der Waals surface area contributed by atoms with E-state index in [4.69, 9.17) is 11.5 Å². The number of piperidine rings is 1. The predicted molar refractivity (Wildman–Crippen MR) is 71.4 cm³/mol. The van der Waals surface area contributed by atoms with Crippen LogP contribution in [0.3, 0.4) is 0 Å². The quantitative estimate of drug-likeness (QED) is 0.764. The number of aromatic nitrogens is 1. The number of nitrogens with two attached hydrogens (primary N) is 2. The van der Waals surface area contributed by atoms with Crippen LogP contribution in [-0.4, -0.2) is 41.3 Å². The predicted octanol–water partition coefficient (Wildman–Crippen LogP) is 0.578. The van der Waals surface area contributed by atoms with E-state index >= 15 is 0 Å². The van der Waals surface area contributed by atoms with E-state index in [0.29, 0.717) is 17.9 Å². The number of hydrogen-bond acceptors (Lipinski definition) is 5. The van der Waals surface area contributed by atoms with Gasteiger partial charge < -0.3 is 11.5 Å². The first-order chi connectivity index (χ1) is 8.58. The van der Waals surface area contributed by atoms with Crippen LogP contribution in [0.1, 0.15) is 28.8 Å². The van der Waals surface area contributed by atoms with Gasteiger partial charge in [-0.3, -0.25) is 9.69 Å². The molecule has 98 valence electrons. The lowest BCUT2D eigenvalue weighted by Crippen LogP contribution is -2.42. The van der Waals surface area contributed by atoms with E-state index in [0.717, 1.165) is 31.5 Å². The van der Waals surface area contributed by atoms with Crippen LogP contribution >= 0.6 is 0 Å². The molecule has 1 saturated heterocycles. The lowest BCUT2D eigenvalue weighted by Gasteiger charge is -2.29. The van der Waals surface area contributed by atoms with Crippen molar-refractivity contribution in [3.8, 4) is 0 Å². The minimum absolute atomic E-state index is 0.0496. The summed E-state index contributed by atoms with van der Waals surface area (Å²) in [6.45, 7) is 4.05. The van der Waals surface area contributed by atoms with Crippen molar-refractivity contribution < 1.29 is 4.79 Å². The number of hydrogen-bond donors (Lipinski definition) is 2. The Labute approximate surface area is 107 Å². The number of nitrogens with zero attached hydrogens (tertiary/aromatic N) is 2. The van der Waals surface area contributed by atoms with Gasteiger partial charge in [0.25, 0.3) is 0 Å². The summed E-state index contributed by atoms with van der Waals surface area (Å²) in [4.78, 5) is 18.4. The molecule has 1 aliphatic heterocycles. The maximum Gasteiger partial charge on any atom is 0.180 e. The first kappa shape index (κ1) is 13.0. The molecule has 2 heterocycles. The van der Waals surface area contributed by atoms with Crippen LogP contribution in [-0.2, 0) is 0 Å². The van der Waals surface area contributed by atoms with Gasteiger partial charge in [0.2, 0.25) is 0 Å². The zero-order valence-corrected chi connectivity index (χ0v) is 10.7. The Morgan fingerprint density at radius 1 is 1.50 bits per heavy atom. The highest BCUT2D eigenvalue weighted by Gasteiger charge is 2.21. The number of aryl methyl sites for hydroxylation is 1. The van der Waals surface area contributed by atoms with Crippen molar-refractivity contribution in [3.63, 3.8) is 0 Å². The molecule has 0 unspecified atom stereocenters. The van der Waals surface area contributed by atoms with Crippen LogP contribution in [0, 0.1) is 6.92 Å². The molecule has 18 heavy (non-hydrogen) atoms. The molecule has 0 radical (unpaired) electrons. The fourth-order valence-electron chi connectivity index (χ4n) is 2.34. The molecule has 2 rings (SSSR count). The molecule has 0 aliphatic carbocycles. The van der Waals surface area contributed by atoms with Crippen LogP contribution in [0.4, 0.5) is 5.82 Å². The molecule has 5 nitrogen and oxygen atoms in total. The normalized spacial score (nSPS) is 17.9. The second kappa shape index (κ2) is 5.46. The zero-order chi connectivity index (χ0) is 13.1. The number of rotatable bonds is 3. The van der Waals surface area contributed by atoms with E-state index in [2.05, 4.69) is 9.88 Å². The summed E-state index contributed by atoms with van der Waals surface area (Å²) in [7, 11) is 0. The number of carbonyl (C=O) groups is 1. The van der Waals surface area contributed by atoms with Crippen LogP contribution in [0.25, 0.3) is 0 Å². The first-order valence-corrected chi connectivity index (χ1v) is 6.30. The van der Waals surface area contributed by atoms with Crippen molar-refractivity contribution in [2.45, 2.75) is 25.8 Å². The number of pyridine rings is 1. The molecule has 5 heteroatoms. The zero-order valence-electron chi connectivity index (χ0n) is 10.7. The van der Waals surface area contributed by atoms with Crippen molar-refractivity contribution in [3.05, 3.63) is 23.4 Å². The lowest BCUT2D eigenvalue weighted by molar-refractivity contribution is 0.0910. The van der Waals surface area contributed by atoms with Gasteiger partial charge in [0.15, 0.2) is 5.78 Å². The molecule has 1 aromatic rings. The average molecular weight is 248 g/mol. The van der Waals surface area contributed by atoms with Crippen LogP contribution in [0.5, 0.6) is 0 Å². The third kappa shape index (κ3) is 2.86. The summed E-state index contributed by atoms with van der Waals surface area (Å²) in [6.07, 6.45) is 3.53. The van der Waals surface area contributed by atoms with Crippen LogP contribution < -0.4 is 11.5 Å². The van der Waals surface area contributed by atoms with Crippen molar-refractivity contribution in [2.75, 3.05) is 25.4 Å². The van der Waals surface area contributed by atoms with E-state index in [9.17, 15) is 4.79 Å². The molecule has 0 amide bonds. The van der Waals surface area contributed by atoms with Gasteiger partial charge in [-0.05, 0) is 31.4 Å². The Morgan fingerprint density at radius 3 is 2.78 bits per heavy atom. The van der Waals surface area contributed by atoms with Crippen molar-refractivity contribution in [1.29, 1.82) is 0 Å². The van der Waals surface area contributed by atoms with Gasteiger partial charge in [-0.25, -0.2) is 4.98 Å². The highest BCUT2D eigenvalue weighted by atomic mass is 16.1. The van der Waals surface area contributed by atoms with Gasteiger partial charge in [0.1, 0.15) is 5.82 Å². The van der Waals surface area contributed by atoms with E-state index < -0.39 is 0 Å². The number of Topliss-reactive ketones (excluding diaryl/α,β-unsaturated/α-hetero) is 1. The molecule has 0 atom stereocenters. The summed E-state index contributed by atoms with van der Waals surface area (Å²) >= 11 is 0. The van der Waals surface area contributed by atoms with Gasteiger partial charge in [-0.15, -0.1) is 0 Å². The third-order valence-corrected chi connectivity index (χ3v) is 3.47. The smallest absolute Gasteiger partial charge is 0.180 e. The topological polar surface area (TPSA) is 85.2 Å². The number of ketones is 1. The monoisotopic (exact) mass is 248 g/mol. The molecular formula is C13H20N4O. The molecule has 1 aliphatic rings. The Hall–Kier alpha value is -1.46. The average Bonchev–Trinajstić information content (AvgIpc) is 2.32. The van der Waals surface area contributed by atoms with E-state index in [1.165, 1.54) is 0 Å². The second-order valence-electron chi connectivity index (χ2n) is 4.92. The highest BCUT2D eigenvalue weighted by Crippen LogP contribution is 2.16. The number of carbonyl (C=O) groups excluding carboxylic acids is 1. The largest absolute Gasteiger partial charge is 0.383 e. The Balaban J connectivity index is 2.04. The number of anilines is 1. The van der Waals surface area contributed by atoms with Crippen LogP contribution in [0.2, 0.25) is 0 Å². The standard InChI is InChI=1S/C13H20N4O/c1-9-2-5-16-13(15)12(9)11(18)8-17-6-3-10(14)4-7-17/h2,5,10H,3-4,6-8,14H2,1H3,(H2,15,16). The van der Waals surface area contributed by atoms with Crippen molar-refractivity contribution >= 4 is 11.6 Å². The summed E-state index contributed by atoms with van der Waals surface area (Å²) < 4.78 is 0. The summed E-state index contributed by atoms with van der Waals surface area (Å²) in [5, 5.41) is 0. The maximum absolute atomic E-state index is 12.2. The molecule has 0 saturated carbocycles. The Kier molecular flexibility index (Phi) is 3.93. The lowest BCUT2D eigenvalue weighted by atomic mass is 10.0. The van der Waals surface area contributed by atoms with Crippen molar-refractivity contribution in [2.24, 2.45) is 5.73 Å². The van der Waals surface area contributed by atoms with E-state index in [1.807, 2.05) is 13.0 Å². The Morgan fingerprint density at radius 2 is 2.17 bits per heavy atom. The molecule has 0 spiro atoms. The fraction of sp³-hybridized carbons (Fsp3) is 0.538. The van der Waals surface area contributed by atoms with Crippen LogP contribution in [0.15, 0.2) is 12.3 Å². The minimum atomic E-state index is 0.0496. The third-order valence-electron chi connectivity index (χ3n) is 3.47. The SMILES string of the molecule is Cc1ccnc(N)c1C(=O)CN1CCC(N)CC1. The minimum Gasteiger partial charge on any atom is -0.383 e. The second-order valence-corrected chi connectivity index (χ2v) is 4.92. The van der Waals surface area contributed by atoms with Gasteiger partial charge in [-0.2, -0.15) is 0 Å². The Bertz CT molecular complexity index is 418. The number of nitrogen functional groups attached to an aromatic ring is 1. The maximum atomic E-state index is 12.2. The summed E-state index contributed by atoms with van der Waals surface area (Å²) in [5.74, 6) is 0.377. The van der Waals surface area contributed by atoms with Crippen molar-refractivity contribution in [1.82, 2.24) is 9.88 Å². The van der Waals surface area contributed by atoms with Gasteiger partial charge in [0, 0.05) is 25.3 Å². The molecule has 4 N–H and O–H groups in total. The van der Waals surface area contributed by atoms with Gasteiger partial charge >= 0.3 is 0 Å². The molecule has 0 bridgehead atoms. The summed E-state index contributed by atoms with van der Waals surface area (Å²) in [5.41, 5.74) is 13.1. The fourth-order valence-corrected chi connectivity index (χ4v) is 2.34. The molecule has 1 fully saturated rings.